The molecule has 0 atom stereocenters. The number of hydrogen-bond donors (Lipinski definition) is 2. The average Bonchev–Trinajstić information content (AvgIpc) is 3.30. The van der Waals surface area contributed by atoms with Crippen molar-refractivity contribution >= 4 is 27.3 Å². The number of carbonyl (C=O) groups excluding carboxylic acids is 1. The minimum Gasteiger partial charge on any atom is -0.495 e. The molecule has 0 aliphatic carbocycles. The van der Waals surface area contributed by atoms with Crippen LogP contribution in [0.25, 0.3) is 11.3 Å². The monoisotopic (exact) mass is 481 g/mol. The lowest BCUT2D eigenvalue weighted by Crippen LogP contribution is -2.15. The van der Waals surface area contributed by atoms with Crippen LogP contribution in [0.3, 0.4) is 0 Å². The number of ether oxygens (including phenoxy) is 1. The van der Waals surface area contributed by atoms with Gasteiger partial charge in [-0.2, -0.15) is 0 Å². The summed E-state index contributed by atoms with van der Waals surface area (Å²) < 4.78 is 51.3. The fourth-order valence-corrected chi connectivity index (χ4v) is 4.18. The second-order valence-electron chi connectivity index (χ2n) is 7.37. The Morgan fingerprint density at radius 1 is 1.00 bits per heavy atom. The summed E-state index contributed by atoms with van der Waals surface area (Å²) in [7, 11) is -2.65. The van der Waals surface area contributed by atoms with Gasteiger partial charge in [-0.1, -0.05) is 35.0 Å². The normalized spacial score (nSPS) is 11.1. The summed E-state index contributed by atoms with van der Waals surface area (Å²) in [5.41, 5.74) is 2.77. The molecule has 174 valence electrons. The minimum atomic E-state index is -4.03. The van der Waals surface area contributed by atoms with E-state index in [0.29, 0.717) is 5.69 Å². The number of nitrogens with one attached hydrogen (secondary N) is 2. The third-order valence-corrected chi connectivity index (χ3v) is 6.29. The van der Waals surface area contributed by atoms with Crippen molar-refractivity contribution in [1.82, 2.24) is 5.16 Å². The number of benzene rings is 3. The van der Waals surface area contributed by atoms with Crippen LogP contribution in [0.4, 0.5) is 15.8 Å². The molecule has 0 radical (unpaired) electrons. The molecule has 0 spiro atoms. The summed E-state index contributed by atoms with van der Waals surface area (Å²) in [4.78, 5) is 12.5. The number of hydrogen-bond acceptors (Lipinski definition) is 6. The number of rotatable bonds is 7. The van der Waals surface area contributed by atoms with Crippen LogP contribution in [0.5, 0.6) is 5.75 Å². The molecule has 0 unspecified atom stereocenters. The number of sulfonamides is 1. The number of nitrogens with zero attached hydrogens (tertiary/aromatic N) is 1. The SMILES string of the molecule is COc1ccc(NC(=O)c2cc(-c3ccc(C)cc3)no2)cc1NS(=O)(=O)c1ccc(F)cc1. The van der Waals surface area contributed by atoms with Gasteiger partial charge in [-0.05, 0) is 49.4 Å². The van der Waals surface area contributed by atoms with Crippen molar-refractivity contribution in [3.63, 3.8) is 0 Å². The van der Waals surface area contributed by atoms with Crippen LogP contribution in [0.1, 0.15) is 16.1 Å². The molecule has 3 aromatic carbocycles. The molecule has 0 aliphatic heterocycles. The van der Waals surface area contributed by atoms with Crippen molar-refractivity contribution in [2.24, 2.45) is 0 Å². The first-order valence-corrected chi connectivity index (χ1v) is 11.5. The molecule has 1 aromatic heterocycles. The van der Waals surface area contributed by atoms with Gasteiger partial charge in [-0.3, -0.25) is 9.52 Å². The molecule has 0 saturated carbocycles. The molecule has 4 aromatic rings. The molecule has 1 amide bonds. The highest BCUT2D eigenvalue weighted by Crippen LogP contribution is 2.30. The Morgan fingerprint density at radius 3 is 2.38 bits per heavy atom. The van der Waals surface area contributed by atoms with Crippen LogP contribution in [0, 0.1) is 12.7 Å². The third kappa shape index (κ3) is 5.07. The maximum atomic E-state index is 13.2. The molecular formula is C24H20FN3O5S. The van der Waals surface area contributed by atoms with Crippen molar-refractivity contribution < 1.29 is 26.9 Å². The standard InChI is InChI=1S/C24H20FN3O5S/c1-15-3-5-16(6-4-15)20-14-23(33-27-20)24(29)26-18-9-12-22(32-2)21(13-18)28-34(30,31)19-10-7-17(25)8-11-19/h3-14,28H,1-2H3,(H,26,29). The Morgan fingerprint density at radius 2 is 1.71 bits per heavy atom. The van der Waals surface area contributed by atoms with Crippen molar-refractivity contribution in [2.45, 2.75) is 11.8 Å². The Balaban J connectivity index is 1.54. The molecular weight excluding hydrogens is 461 g/mol. The van der Waals surface area contributed by atoms with Crippen molar-refractivity contribution in [3.8, 4) is 17.0 Å². The summed E-state index contributed by atoms with van der Waals surface area (Å²) >= 11 is 0. The molecule has 10 heteroatoms. The van der Waals surface area contributed by atoms with Gasteiger partial charge in [0.05, 0.1) is 17.7 Å². The maximum absolute atomic E-state index is 13.2. The van der Waals surface area contributed by atoms with Crippen LogP contribution < -0.4 is 14.8 Å². The molecule has 34 heavy (non-hydrogen) atoms. The third-order valence-electron chi connectivity index (χ3n) is 4.91. The predicted octanol–water partition coefficient (Wildman–Crippen LogP) is 4.85. The van der Waals surface area contributed by atoms with Gasteiger partial charge in [-0.15, -0.1) is 0 Å². The fourth-order valence-electron chi connectivity index (χ4n) is 3.12. The first-order valence-electron chi connectivity index (χ1n) is 10.1. The van der Waals surface area contributed by atoms with E-state index in [-0.39, 0.29) is 27.8 Å². The summed E-state index contributed by atoms with van der Waals surface area (Å²) in [6, 6.07) is 17.9. The Bertz CT molecular complexity index is 1430. The van der Waals surface area contributed by atoms with Gasteiger partial charge in [0, 0.05) is 17.3 Å². The molecule has 8 nitrogen and oxygen atoms in total. The van der Waals surface area contributed by atoms with Gasteiger partial charge >= 0.3 is 0 Å². The number of amides is 1. The lowest BCUT2D eigenvalue weighted by atomic mass is 10.1. The zero-order valence-corrected chi connectivity index (χ0v) is 19.0. The lowest BCUT2D eigenvalue weighted by Gasteiger charge is -2.13. The smallest absolute Gasteiger partial charge is 0.294 e. The first-order chi connectivity index (χ1) is 16.2. The second kappa shape index (κ2) is 9.36. The number of halogens is 1. The zero-order chi connectivity index (χ0) is 24.3. The van der Waals surface area contributed by atoms with Crippen LogP contribution in [-0.4, -0.2) is 26.6 Å². The van der Waals surface area contributed by atoms with Crippen molar-refractivity contribution in [3.05, 3.63) is 89.9 Å². The minimum absolute atomic E-state index is 0.0140. The molecule has 0 aliphatic rings. The average molecular weight is 482 g/mol. The Labute approximate surface area is 195 Å². The van der Waals surface area contributed by atoms with Gasteiger partial charge < -0.3 is 14.6 Å². The van der Waals surface area contributed by atoms with Crippen molar-refractivity contribution in [1.29, 1.82) is 0 Å². The highest BCUT2D eigenvalue weighted by Gasteiger charge is 2.19. The summed E-state index contributed by atoms with van der Waals surface area (Å²) in [5, 5.41) is 6.58. The van der Waals surface area contributed by atoms with E-state index in [9.17, 15) is 17.6 Å². The van der Waals surface area contributed by atoms with Crippen LogP contribution >= 0.6 is 0 Å². The van der Waals surface area contributed by atoms with Crippen molar-refractivity contribution in [2.75, 3.05) is 17.1 Å². The quantitative estimate of drug-likeness (QED) is 0.390. The summed E-state index contributed by atoms with van der Waals surface area (Å²) in [5.74, 6) is -0.910. The van der Waals surface area contributed by atoms with E-state index in [1.165, 1.54) is 25.3 Å². The van der Waals surface area contributed by atoms with Crippen LogP contribution in [0.15, 0.2) is 82.2 Å². The number of methoxy groups -OCH3 is 1. The Hall–Kier alpha value is -4.18. The largest absolute Gasteiger partial charge is 0.495 e. The van der Waals surface area contributed by atoms with E-state index < -0.39 is 21.7 Å². The van der Waals surface area contributed by atoms with E-state index in [4.69, 9.17) is 9.26 Å². The highest BCUT2D eigenvalue weighted by atomic mass is 32.2. The summed E-state index contributed by atoms with van der Waals surface area (Å²) in [6.45, 7) is 1.97. The molecule has 0 bridgehead atoms. The van der Waals surface area contributed by atoms with E-state index in [0.717, 1.165) is 35.4 Å². The summed E-state index contributed by atoms with van der Waals surface area (Å²) in [6.07, 6.45) is 0. The molecule has 2 N–H and O–H groups in total. The zero-order valence-electron chi connectivity index (χ0n) is 18.2. The van der Waals surface area contributed by atoms with Gasteiger partial charge in [0.25, 0.3) is 15.9 Å². The number of anilines is 2. The lowest BCUT2D eigenvalue weighted by molar-refractivity contribution is 0.0988. The van der Waals surface area contributed by atoms with Gasteiger partial charge in [0.15, 0.2) is 0 Å². The second-order valence-corrected chi connectivity index (χ2v) is 9.05. The number of aryl methyl sites for hydroxylation is 1. The molecule has 1 heterocycles. The van der Waals surface area contributed by atoms with E-state index in [1.807, 2.05) is 31.2 Å². The topological polar surface area (TPSA) is 111 Å². The van der Waals surface area contributed by atoms with Crippen LogP contribution in [0.2, 0.25) is 0 Å². The first kappa shape index (κ1) is 23.0. The Kier molecular flexibility index (Phi) is 6.33. The van der Waals surface area contributed by atoms with Gasteiger partial charge in [0.1, 0.15) is 17.3 Å². The molecule has 0 fully saturated rings. The van der Waals surface area contributed by atoms with E-state index in [1.54, 1.807) is 6.07 Å². The number of aromatic nitrogens is 1. The van der Waals surface area contributed by atoms with Gasteiger partial charge in [-0.25, -0.2) is 12.8 Å². The van der Waals surface area contributed by atoms with E-state index in [2.05, 4.69) is 15.2 Å². The van der Waals surface area contributed by atoms with Crippen LogP contribution in [-0.2, 0) is 10.0 Å². The predicted molar refractivity (Wildman–Crippen MR) is 125 cm³/mol. The highest BCUT2D eigenvalue weighted by molar-refractivity contribution is 7.92. The number of carbonyl (C=O) groups is 1. The molecule has 0 saturated heterocycles. The van der Waals surface area contributed by atoms with E-state index >= 15 is 0 Å². The maximum Gasteiger partial charge on any atom is 0.294 e. The molecule has 4 rings (SSSR count). The van der Waals surface area contributed by atoms with Gasteiger partial charge in [0.2, 0.25) is 5.76 Å². The fraction of sp³-hybridized carbons (Fsp3) is 0.0833.